The van der Waals surface area contributed by atoms with Crippen LogP contribution in [0.1, 0.15) is 75.9 Å². The molecule has 0 radical (unpaired) electrons. The Morgan fingerprint density at radius 3 is 2.07 bits per heavy atom. The molecule has 0 bridgehead atoms. The molecule has 1 aromatic carbocycles. The number of aromatic hydroxyl groups is 1. The molecule has 154 valence electrons. The molecular weight excluding hydrogens is 356 g/mol. The van der Waals surface area contributed by atoms with Crippen LogP contribution < -0.4 is 10.3 Å². The fourth-order valence-electron chi connectivity index (χ4n) is 2.99. The van der Waals surface area contributed by atoms with E-state index in [1.54, 1.807) is 6.07 Å². The number of hydrogen-bond acceptors (Lipinski definition) is 4. The molecule has 1 heterocycles. The Labute approximate surface area is 166 Å². The summed E-state index contributed by atoms with van der Waals surface area (Å²) in [6, 6.07) is 5.85. The average molecular weight is 389 g/mol. The summed E-state index contributed by atoms with van der Waals surface area (Å²) in [4.78, 5) is 25.0. The van der Waals surface area contributed by atoms with Crippen molar-refractivity contribution in [3.63, 3.8) is 0 Å². The quantitative estimate of drug-likeness (QED) is 0.599. The number of rotatable bonds is 6. The van der Waals surface area contributed by atoms with Crippen LogP contribution in [0.2, 0.25) is 0 Å². The molecule has 2 aromatic rings. The lowest BCUT2D eigenvalue weighted by Gasteiger charge is -2.30. The maximum Gasteiger partial charge on any atom is 0.354 e. The molecule has 0 fully saturated rings. The van der Waals surface area contributed by atoms with Crippen molar-refractivity contribution in [1.82, 2.24) is 9.36 Å². The second-order valence-corrected chi connectivity index (χ2v) is 8.63. The van der Waals surface area contributed by atoms with Gasteiger partial charge in [-0.3, -0.25) is 14.2 Å². The van der Waals surface area contributed by atoms with Crippen LogP contribution in [0.25, 0.3) is 0 Å². The van der Waals surface area contributed by atoms with Gasteiger partial charge in [0.25, 0.3) is 5.56 Å². The third kappa shape index (κ3) is 3.73. The number of nitrogens with zero attached hydrogens (tertiary/aromatic N) is 2. The molecule has 6 nitrogen and oxygen atoms in total. The first kappa shape index (κ1) is 21.8. The van der Waals surface area contributed by atoms with Gasteiger partial charge in [-0.1, -0.05) is 53.7 Å². The van der Waals surface area contributed by atoms with Crippen molar-refractivity contribution in [1.29, 1.82) is 0 Å². The minimum Gasteiger partial charge on any atom is -0.493 e. The Balaban J connectivity index is 2.55. The lowest BCUT2D eigenvalue weighted by Crippen LogP contribution is -2.25. The van der Waals surface area contributed by atoms with Gasteiger partial charge in [0.2, 0.25) is 5.88 Å². The van der Waals surface area contributed by atoms with Gasteiger partial charge in [0.05, 0.1) is 0 Å². The van der Waals surface area contributed by atoms with Gasteiger partial charge in [-0.25, -0.2) is 4.79 Å². The van der Waals surface area contributed by atoms with Crippen LogP contribution in [0, 0.1) is 0 Å². The molecule has 1 aromatic heterocycles. The number of carbonyl (C=O) groups is 1. The molecule has 0 saturated carbocycles. The Bertz CT molecular complexity index is 948. The Hall–Kier alpha value is -2.50. The first-order valence-corrected chi connectivity index (χ1v) is 9.69. The molecule has 0 spiro atoms. The largest absolute Gasteiger partial charge is 0.493 e. The van der Waals surface area contributed by atoms with E-state index >= 15 is 0 Å². The predicted octanol–water partition coefficient (Wildman–Crippen LogP) is 4.02. The number of carbonyl (C=O) groups excluding carboxylic acids is 1. The average Bonchev–Trinajstić information content (AvgIpc) is 2.84. The third-order valence-corrected chi connectivity index (χ3v) is 6.15. The number of aromatic nitrogens is 2. The summed E-state index contributed by atoms with van der Waals surface area (Å²) in [5, 5.41) is 10.1. The smallest absolute Gasteiger partial charge is 0.354 e. The van der Waals surface area contributed by atoms with E-state index < -0.39 is 17.4 Å². The van der Waals surface area contributed by atoms with E-state index in [4.69, 9.17) is 4.74 Å². The zero-order valence-corrected chi connectivity index (χ0v) is 18.2. The highest BCUT2D eigenvalue weighted by Gasteiger charge is 2.30. The summed E-state index contributed by atoms with van der Waals surface area (Å²) in [6.45, 7) is 12.8. The van der Waals surface area contributed by atoms with E-state index in [1.807, 2.05) is 6.07 Å². The van der Waals surface area contributed by atoms with E-state index in [1.165, 1.54) is 24.3 Å². The van der Waals surface area contributed by atoms with Crippen LogP contribution in [-0.4, -0.2) is 20.4 Å². The lowest BCUT2D eigenvalue weighted by molar-refractivity contribution is 0.0726. The SMILES string of the molecule is CCC(C)(C)c1ccc(OC(=O)c2c(O)n(C)n(C)c2=O)c(C(C)(C)CC)c1. The van der Waals surface area contributed by atoms with E-state index in [-0.39, 0.29) is 16.4 Å². The molecule has 0 amide bonds. The second-order valence-electron chi connectivity index (χ2n) is 8.63. The van der Waals surface area contributed by atoms with E-state index in [9.17, 15) is 14.7 Å². The van der Waals surface area contributed by atoms with Gasteiger partial charge in [0.15, 0.2) is 5.56 Å². The van der Waals surface area contributed by atoms with Crippen molar-refractivity contribution in [2.45, 2.75) is 65.2 Å². The maximum absolute atomic E-state index is 12.7. The second kappa shape index (κ2) is 7.49. The van der Waals surface area contributed by atoms with Crippen LogP contribution in [0.15, 0.2) is 23.0 Å². The van der Waals surface area contributed by atoms with Crippen molar-refractivity contribution in [2.75, 3.05) is 0 Å². The molecule has 1 N–H and O–H groups in total. The molecule has 2 rings (SSSR count). The highest BCUT2D eigenvalue weighted by Crippen LogP contribution is 2.38. The number of benzene rings is 1. The van der Waals surface area contributed by atoms with Gasteiger partial charge in [-0.15, -0.1) is 0 Å². The van der Waals surface area contributed by atoms with E-state index in [0.29, 0.717) is 5.75 Å². The van der Waals surface area contributed by atoms with Crippen LogP contribution in [-0.2, 0) is 24.9 Å². The normalized spacial score (nSPS) is 12.3. The van der Waals surface area contributed by atoms with Crippen LogP contribution in [0.5, 0.6) is 11.6 Å². The standard InChI is InChI=1S/C22H32N2O4/c1-9-21(3,4)14-11-12-16(15(13-14)22(5,6)10-2)28-20(27)17-18(25)23(7)24(8)19(17)26/h11-13,25H,9-10H2,1-8H3. The topological polar surface area (TPSA) is 73.5 Å². The van der Waals surface area contributed by atoms with Gasteiger partial charge in [-0.2, -0.15) is 0 Å². The van der Waals surface area contributed by atoms with Crippen LogP contribution >= 0.6 is 0 Å². The van der Waals surface area contributed by atoms with Gasteiger partial charge >= 0.3 is 5.97 Å². The third-order valence-electron chi connectivity index (χ3n) is 6.15. The molecule has 0 aliphatic rings. The van der Waals surface area contributed by atoms with Crippen molar-refractivity contribution in [3.8, 4) is 11.6 Å². The molecule has 0 saturated heterocycles. The molecular formula is C22H32N2O4. The first-order valence-electron chi connectivity index (χ1n) is 9.69. The fourth-order valence-corrected chi connectivity index (χ4v) is 2.99. The summed E-state index contributed by atoms with van der Waals surface area (Å²) < 4.78 is 8.00. The molecule has 0 aliphatic carbocycles. The van der Waals surface area contributed by atoms with Crippen molar-refractivity contribution < 1.29 is 14.6 Å². The van der Waals surface area contributed by atoms with E-state index in [0.717, 1.165) is 23.1 Å². The Morgan fingerprint density at radius 1 is 1.04 bits per heavy atom. The lowest BCUT2D eigenvalue weighted by atomic mass is 9.76. The molecule has 28 heavy (non-hydrogen) atoms. The summed E-state index contributed by atoms with van der Waals surface area (Å²) in [6.07, 6.45) is 1.83. The van der Waals surface area contributed by atoms with Crippen molar-refractivity contribution in [3.05, 3.63) is 45.2 Å². The fraction of sp³-hybridized carbons (Fsp3) is 0.545. The van der Waals surface area contributed by atoms with Gasteiger partial charge in [0, 0.05) is 19.7 Å². The van der Waals surface area contributed by atoms with E-state index in [2.05, 4.69) is 47.6 Å². The summed E-state index contributed by atoms with van der Waals surface area (Å²) in [5.74, 6) is -0.843. The van der Waals surface area contributed by atoms with Gasteiger partial charge in [0.1, 0.15) is 5.75 Å². The highest BCUT2D eigenvalue weighted by molar-refractivity contribution is 5.93. The van der Waals surface area contributed by atoms with Gasteiger partial charge in [-0.05, 0) is 35.3 Å². The molecule has 0 unspecified atom stereocenters. The van der Waals surface area contributed by atoms with Gasteiger partial charge < -0.3 is 9.84 Å². The molecule has 6 heteroatoms. The zero-order valence-electron chi connectivity index (χ0n) is 18.2. The van der Waals surface area contributed by atoms with Crippen LogP contribution in [0.3, 0.4) is 0 Å². The molecule has 0 atom stereocenters. The monoisotopic (exact) mass is 388 g/mol. The minimum atomic E-state index is -0.852. The number of ether oxygens (including phenoxy) is 1. The first-order chi connectivity index (χ1) is 12.9. The Kier molecular flexibility index (Phi) is 5.83. The Morgan fingerprint density at radius 2 is 1.61 bits per heavy atom. The summed E-state index contributed by atoms with van der Waals surface area (Å²) in [5.41, 5.74) is 0.904. The number of hydrogen-bond donors (Lipinski definition) is 1. The zero-order chi connectivity index (χ0) is 21.4. The molecule has 0 aliphatic heterocycles. The highest BCUT2D eigenvalue weighted by atomic mass is 16.5. The van der Waals surface area contributed by atoms with Crippen molar-refractivity contribution in [2.24, 2.45) is 14.1 Å². The van der Waals surface area contributed by atoms with Crippen molar-refractivity contribution >= 4 is 5.97 Å². The maximum atomic E-state index is 12.7. The summed E-state index contributed by atoms with van der Waals surface area (Å²) in [7, 11) is 2.98. The predicted molar refractivity (Wildman–Crippen MR) is 110 cm³/mol. The summed E-state index contributed by atoms with van der Waals surface area (Å²) >= 11 is 0. The minimum absolute atomic E-state index is 0.00521. The number of esters is 1. The van der Waals surface area contributed by atoms with Crippen LogP contribution in [0.4, 0.5) is 0 Å².